The number of benzene rings is 1. The highest BCUT2D eigenvalue weighted by molar-refractivity contribution is 8.00. The van der Waals surface area contributed by atoms with Crippen molar-refractivity contribution in [3.63, 3.8) is 0 Å². The summed E-state index contributed by atoms with van der Waals surface area (Å²) in [6.07, 6.45) is 2.43. The Bertz CT molecular complexity index is 362. The standard InChI is InChI=1S/C16H27NS/c1-6-9-17-14(4)11-15(5)18-16-8-7-12(2)10-13(16)3/h7-8,10,14-15,17H,6,9,11H2,1-5H3. The molecular weight excluding hydrogens is 238 g/mol. The van der Waals surface area contributed by atoms with Gasteiger partial charge in [0, 0.05) is 16.2 Å². The van der Waals surface area contributed by atoms with Crippen LogP contribution in [0.1, 0.15) is 44.7 Å². The molecule has 0 saturated heterocycles. The fourth-order valence-corrected chi connectivity index (χ4v) is 3.38. The second-order valence-electron chi connectivity index (χ2n) is 5.29. The number of hydrogen-bond acceptors (Lipinski definition) is 2. The molecule has 0 spiro atoms. The lowest BCUT2D eigenvalue weighted by Crippen LogP contribution is -2.29. The quantitative estimate of drug-likeness (QED) is 0.725. The van der Waals surface area contributed by atoms with E-state index in [9.17, 15) is 0 Å². The van der Waals surface area contributed by atoms with Gasteiger partial charge in [0.15, 0.2) is 0 Å². The molecule has 2 heteroatoms. The van der Waals surface area contributed by atoms with Gasteiger partial charge in [-0.3, -0.25) is 0 Å². The Morgan fingerprint density at radius 2 is 1.94 bits per heavy atom. The van der Waals surface area contributed by atoms with Gasteiger partial charge in [-0.15, -0.1) is 11.8 Å². The molecule has 0 aliphatic heterocycles. The highest BCUT2D eigenvalue weighted by Crippen LogP contribution is 2.29. The Morgan fingerprint density at radius 3 is 2.56 bits per heavy atom. The van der Waals surface area contributed by atoms with Crippen LogP contribution < -0.4 is 5.32 Å². The zero-order valence-corrected chi connectivity index (χ0v) is 13.2. The fourth-order valence-electron chi connectivity index (χ4n) is 2.17. The van der Waals surface area contributed by atoms with Crippen molar-refractivity contribution in [2.75, 3.05) is 6.54 Å². The molecule has 0 saturated carbocycles. The minimum Gasteiger partial charge on any atom is -0.314 e. The Hall–Kier alpha value is -0.470. The predicted octanol–water partition coefficient (Wildman–Crippen LogP) is 4.56. The van der Waals surface area contributed by atoms with Gasteiger partial charge in [0.05, 0.1) is 0 Å². The van der Waals surface area contributed by atoms with Crippen LogP contribution in [0, 0.1) is 13.8 Å². The minimum atomic E-state index is 0.609. The van der Waals surface area contributed by atoms with Crippen molar-refractivity contribution < 1.29 is 0 Å². The number of thioether (sulfide) groups is 1. The van der Waals surface area contributed by atoms with Gasteiger partial charge in [0.1, 0.15) is 0 Å². The van der Waals surface area contributed by atoms with Crippen molar-refractivity contribution in [1.82, 2.24) is 5.32 Å². The van der Waals surface area contributed by atoms with Crippen LogP contribution in [0.2, 0.25) is 0 Å². The molecule has 0 amide bonds. The number of nitrogens with one attached hydrogen (secondary N) is 1. The average molecular weight is 265 g/mol. The van der Waals surface area contributed by atoms with Gasteiger partial charge in [0.25, 0.3) is 0 Å². The van der Waals surface area contributed by atoms with E-state index < -0.39 is 0 Å². The van der Waals surface area contributed by atoms with Gasteiger partial charge in [0.2, 0.25) is 0 Å². The summed E-state index contributed by atoms with van der Waals surface area (Å²) in [5.74, 6) is 0. The van der Waals surface area contributed by atoms with Crippen molar-refractivity contribution in [3.05, 3.63) is 29.3 Å². The van der Waals surface area contributed by atoms with Gasteiger partial charge in [-0.1, -0.05) is 31.5 Å². The molecule has 1 N–H and O–H groups in total. The van der Waals surface area contributed by atoms with E-state index in [-0.39, 0.29) is 0 Å². The van der Waals surface area contributed by atoms with E-state index in [1.54, 1.807) is 0 Å². The summed E-state index contributed by atoms with van der Waals surface area (Å²) < 4.78 is 0. The molecule has 0 radical (unpaired) electrons. The molecule has 0 bridgehead atoms. The molecule has 0 aromatic heterocycles. The first-order chi connectivity index (χ1) is 8.52. The van der Waals surface area contributed by atoms with Crippen molar-refractivity contribution in [3.8, 4) is 0 Å². The smallest absolute Gasteiger partial charge is 0.0104 e. The molecule has 0 fully saturated rings. The summed E-state index contributed by atoms with van der Waals surface area (Å²) in [5.41, 5.74) is 2.75. The van der Waals surface area contributed by atoms with E-state index in [2.05, 4.69) is 58.1 Å². The van der Waals surface area contributed by atoms with Crippen molar-refractivity contribution in [1.29, 1.82) is 0 Å². The summed E-state index contributed by atoms with van der Waals surface area (Å²) in [7, 11) is 0. The van der Waals surface area contributed by atoms with Crippen LogP contribution in [0.3, 0.4) is 0 Å². The van der Waals surface area contributed by atoms with Crippen LogP contribution in [0.4, 0.5) is 0 Å². The van der Waals surface area contributed by atoms with E-state index >= 15 is 0 Å². The molecule has 1 nitrogen and oxygen atoms in total. The Balaban J connectivity index is 2.46. The third-order valence-electron chi connectivity index (χ3n) is 3.09. The van der Waals surface area contributed by atoms with E-state index in [0.717, 1.165) is 6.54 Å². The summed E-state index contributed by atoms with van der Waals surface area (Å²) in [5, 5.41) is 4.22. The molecule has 1 rings (SSSR count). The van der Waals surface area contributed by atoms with Gasteiger partial charge >= 0.3 is 0 Å². The van der Waals surface area contributed by atoms with Crippen molar-refractivity contribution in [2.24, 2.45) is 0 Å². The zero-order chi connectivity index (χ0) is 13.5. The molecule has 2 atom stereocenters. The Morgan fingerprint density at radius 1 is 1.22 bits per heavy atom. The zero-order valence-electron chi connectivity index (χ0n) is 12.4. The van der Waals surface area contributed by atoms with E-state index in [0.29, 0.717) is 11.3 Å². The first kappa shape index (κ1) is 15.6. The van der Waals surface area contributed by atoms with Gasteiger partial charge in [-0.05, 0) is 51.8 Å². The molecule has 1 aromatic carbocycles. The maximum absolute atomic E-state index is 3.56. The summed E-state index contributed by atoms with van der Waals surface area (Å²) in [6, 6.07) is 7.35. The van der Waals surface area contributed by atoms with Crippen molar-refractivity contribution in [2.45, 2.75) is 63.6 Å². The largest absolute Gasteiger partial charge is 0.314 e. The molecular formula is C16H27NS. The van der Waals surface area contributed by atoms with Crippen LogP contribution in [0.25, 0.3) is 0 Å². The number of rotatable bonds is 7. The average Bonchev–Trinajstić information content (AvgIpc) is 2.30. The monoisotopic (exact) mass is 265 g/mol. The van der Waals surface area contributed by atoms with Crippen LogP contribution >= 0.6 is 11.8 Å². The lowest BCUT2D eigenvalue weighted by molar-refractivity contribution is 0.513. The van der Waals surface area contributed by atoms with Crippen LogP contribution in [0.15, 0.2) is 23.1 Å². The molecule has 0 heterocycles. The molecule has 102 valence electrons. The first-order valence-corrected chi connectivity index (χ1v) is 7.88. The fraction of sp³-hybridized carbons (Fsp3) is 0.625. The highest BCUT2D eigenvalue weighted by Gasteiger charge is 2.10. The van der Waals surface area contributed by atoms with Crippen LogP contribution in [-0.4, -0.2) is 17.8 Å². The van der Waals surface area contributed by atoms with E-state index in [1.807, 2.05) is 11.8 Å². The second kappa shape index (κ2) is 7.85. The number of hydrogen-bond donors (Lipinski definition) is 1. The van der Waals surface area contributed by atoms with Crippen molar-refractivity contribution >= 4 is 11.8 Å². The van der Waals surface area contributed by atoms with Gasteiger partial charge < -0.3 is 5.32 Å². The predicted molar refractivity (Wildman–Crippen MR) is 83.6 cm³/mol. The molecule has 2 unspecified atom stereocenters. The maximum Gasteiger partial charge on any atom is 0.0104 e. The lowest BCUT2D eigenvalue weighted by Gasteiger charge is -2.19. The van der Waals surface area contributed by atoms with Gasteiger partial charge in [-0.2, -0.15) is 0 Å². The molecule has 1 aromatic rings. The lowest BCUT2D eigenvalue weighted by atomic mass is 10.2. The molecule has 0 aliphatic carbocycles. The maximum atomic E-state index is 3.56. The third-order valence-corrected chi connectivity index (χ3v) is 4.39. The number of aryl methyl sites for hydroxylation is 2. The van der Waals surface area contributed by atoms with Gasteiger partial charge in [-0.25, -0.2) is 0 Å². The van der Waals surface area contributed by atoms with E-state index in [4.69, 9.17) is 0 Å². The summed E-state index contributed by atoms with van der Waals surface area (Å²) in [4.78, 5) is 1.43. The summed E-state index contributed by atoms with van der Waals surface area (Å²) >= 11 is 2.00. The molecule has 18 heavy (non-hydrogen) atoms. The highest BCUT2D eigenvalue weighted by atomic mass is 32.2. The molecule has 0 aliphatic rings. The second-order valence-corrected chi connectivity index (χ2v) is 6.77. The normalized spacial score (nSPS) is 14.5. The third kappa shape index (κ3) is 5.45. The topological polar surface area (TPSA) is 12.0 Å². The van der Waals surface area contributed by atoms with Crippen LogP contribution in [-0.2, 0) is 0 Å². The minimum absolute atomic E-state index is 0.609. The van der Waals surface area contributed by atoms with Crippen LogP contribution in [0.5, 0.6) is 0 Å². The Labute approximate surface area is 117 Å². The first-order valence-electron chi connectivity index (χ1n) is 7.00. The SMILES string of the molecule is CCCNC(C)CC(C)Sc1ccc(C)cc1C. The Kier molecular flexibility index (Phi) is 6.80. The van der Waals surface area contributed by atoms with E-state index in [1.165, 1.54) is 28.9 Å². The summed E-state index contributed by atoms with van der Waals surface area (Å²) in [6.45, 7) is 12.3.